The van der Waals surface area contributed by atoms with E-state index in [1.165, 1.54) is 0 Å². The predicted octanol–water partition coefficient (Wildman–Crippen LogP) is 2.27. The summed E-state index contributed by atoms with van der Waals surface area (Å²) >= 11 is 0. The van der Waals surface area contributed by atoms with E-state index in [0.717, 1.165) is 31.0 Å². The molecule has 138 valence electrons. The van der Waals surface area contributed by atoms with E-state index >= 15 is 0 Å². The summed E-state index contributed by atoms with van der Waals surface area (Å²) in [5.74, 6) is 3.45. The molecule has 0 amide bonds. The quantitative estimate of drug-likeness (QED) is 0.748. The smallest absolute Gasteiger partial charge is 0.217 e. The maximum atomic E-state index is 11.7. The van der Waals surface area contributed by atoms with Crippen molar-refractivity contribution < 1.29 is 12.8 Å². The molecule has 1 atom stereocenters. The Morgan fingerprint density at radius 1 is 1.40 bits per heavy atom. The average molecular weight is 366 g/mol. The van der Waals surface area contributed by atoms with Crippen LogP contribution in [0.2, 0.25) is 0 Å². The molecule has 3 heterocycles. The molecular weight excluding hydrogens is 340 g/mol. The maximum Gasteiger partial charge on any atom is 0.217 e. The number of rotatable bonds is 7. The summed E-state index contributed by atoms with van der Waals surface area (Å²) in [5.41, 5.74) is 0. The fourth-order valence-corrected chi connectivity index (χ4v) is 4.92. The largest absolute Gasteiger partial charge is 0.458 e. The molecule has 0 N–H and O–H groups in total. The van der Waals surface area contributed by atoms with Crippen molar-refractivity contribution >= 4 is 9.84 Å². The second-order valence-corrected chi connectivity index (χ2v) is 9.04. The summed E-state index contributed by atoms with van der Waals surface area (Å²) in [6.45, 7) is 5.42. The number of hydrogen-bond donors (Lipinski definition) is 0. The molecular formula is C17H26N4O3S. The predicted molar refractivity (Wildman–Crippen MR) is 95.9 cm³/mol. The monoisotopic (exact) mass is 366 g/mol. The highest BCUT2D eigenvalue weighted by atomic mass is 32.2. The molecule has 8 heteroatoms. The van der Waals surface area contributed by atoms with Gasteiger partial charge in [-0.15, -0.1) is 5.10 Å². The zero-order chi connectivity index (χ0) is 18.0. The van der Waals surface area contributed by atoms with Crippen LogP contribution >= 0.6 is 0 Å². The van der Waals surface area contributed by atoms with Gasteiger partial charge in [-0.05, 0) is 38.9 Å². The van der Waals surface area contributed by atoms with Crippen molar-refractivity contribution in [3.8, 4) is 11.6 Å². The zero-order valence-electron chi connectivity index (χ0n) is 15.1. The van der Waals surface area contributed by atoms with Crippen LogP contribution in [0.15, 0.2) is 16.5 Å². The topological polar surface area (TPSA) is 81.2 Å². The summed E-state index contributed by atoms with van der Waals surface area (Å²) in [6, 6.07) is 3.83. The third-order valence-electron chi connectivity index (χ3n) is 4.66. The third-order valence-corrected chi connectivity index (χ3v) is 6.41. The minimum atomic E-state index is -2.89. The van der Waals surface area contributed by atoms with Crippen molar-refractivity contribution in [2.75, 3.05) is 18.6 Å². The molecule has 25 heavy (non-hydrogen) atoms. The second-order valence-electron chi connectivity index (χ2n) is 6.81. The van der Waals surface area contributed by atoms with Gasteiger partial charge in [0.15, 0.2) is 15.6 Å². The summed E-state index contributed by atoms with van der Waals surface area (Å²) in [5, 5.41) is 4.61. The highest BCUT2D eigenvalue weighted by Crippen LogP contribution is 2.22. The minimum absolute atomic E-state index is 0.0515. The van der Waals surface area contributed by atoms with Crippen LogP contribution in [0, 0.1) is 6.92 Å². The molecule has 2 aromatic heterocycles. The SMILES string of the molecule is CCCCn1nc(-c2ccc(C)o2)nc1CN(C)[C@@H]1CCS(=O)(=O)C1. The molecule has 0 spiro atoms. The number of sulfone groups is 1. The van der Waals surface area contributed by atoms with Crippen LogP contribution in [-0.2, 0) is 22.9 Å². The van der Waals surface area contributed by atoms with E-state index in [4.69, 9.17) is 4.42 Å². The Balaban J connectivity index is 1.79. The number of aryl methyl sites for hydroxylation is 2. The molecule has 0 bridgehead atoms. The fourth-order valence-electron chi connectivity index (χ4n) is 3.11. The lowest BCUT2D eigenvalue weighted by Crippen LogP contribution is -2.33. The zero-order valence-corrected chi connectivity index (χ0v) is 15.9. The molecule has 7 nitrogen and oxygen atoms in total. The van der Waals surface area contributed by atoms with E-state index in [-0.39, 0.29) is 17.5 Å². The van der Waals surface area contributed by atoms with Crippen molar-refractivity contribution in [2.24, 2.45) is 0 Å². The first-order valence-electron chi connectivity index (χ1n) is 8.79. The Morgan fingerprint density at radius 2 is 2.20 bits per heavy atom. The van der Waals surface area contributed by atoms with Crippen molar-refractivity contribution in [1.29, 1.82) is 0 Å². The lowest BCUT2D eigenvalue weighted by Gasteiger charge is -2.22. The molecule has 0 saturated carbocycles. The lowest BCUT2D eigenvalue weighted by molar-refractivity contribution is 0.242. The number of nitrogens with zero attached hydrogens (tertiary/aromatic N) is 4. The van der Waals surface area contributed by atoms with Gasteiger partial charge in [0, 0.05) is 12.6 Å². The molecule has 2 aromatic rings. The van der Waals surface area contributed by atoms with Crippen LogP contribution in [0.5, 0.6) is 0 Å². The number of unbranched alkanes of at least 4 members (excludes halogenated alkanes) is 1. The van der Waals surface area contributed by atoms with Crippen LogP contribution in [0.3, 0.4) is 0 Å². The molecule has 3 rings (SSSR count). The Bertz CT molecular complexity index is 825. The highest BCUT2D eigenvalue weighted by Gasteiger charge is 2.31. The van der Waals surface area contributed by atoms with Crippen molar-refractivity contribution in [3.63, 3.8) is 0 Å². The maximum absolute atomic E-state index is 11.7. The molecule has 0 aliphatic carbocycles. The van der Waals surface area contributed by atoms with Gasteiger partial charge in [0.05, 0.1) is 18.1 Å². The fraction of sp³-hybridized carbons (Fsp3) is 0.647. The molecule has 1 fully saturated rings. The summed E-state index contributed by atoms with van der Waals surface area (Å²) in [6.07, 6.45) is 2.78. The Morgan fingerprint density at radius 3 is 2.80 bits per heavy atom. The first kappa shape index (κ1) is 18.1. The van der Waals surface area contributed by atoms with E-state index in [0.29, 0.717) is 24.6 Å². The van der Waals surface area contributed by atoms with Gasteiger partial charge in [0.25, 0.3) is 0 Å². The van der Waals surface area contributed by atoms with E-state index in [1.54, 1.807) is 0 Å². The van der Waals surface area contributed by atoms with Crippen LogP contribution in [0.4, 0.5) is 0 Å². The summed E-state index contributed by atoms with van der Waals surface area (Å²) in [7, 11) is -0.932. The highest BCUT2D eigenvalue weighted by molar-refractivity contribution is 7.91. The average Bonchev–Trinajstić information content (AvgIpc) is 3.24. The first-order chi connectivity index (χ1) is 11.9. The lowest BCUT2D eigenvalue weighted by atomic mass is 10.2. The van der Waals surface area contributed by atoms with E-state index in [1.807, 2.05) is 30.8 Å². The second kappa shape index (κ2) is 7.29. The van der Waals surface area contributed by atoms with Gasteiger partial charge in [-0.25, -0.2) is 18.1 Å². The van der Waals surface area contributed by atoms with Gasteiger partial charge in [-0.1, -0.05) is 13.3 Å². The van der Waals surface area contributed by atoms with E-state index in [2.05, 4.69) is 21.9 Å². The number of hydrogen-bond acceptors (Lipinski definition) is 6. The standard InChI is InChI=1S/C17H26N4O3S/c1-4-5-9-21-16(11-20(3)14-8-10-25(22,23)12-14)18-17(19-21)15-7-6-13(2)24-15/h6-7,14H,4-5,8-12H2,1-3H3/t14-/m1/s1. The Hall–Kier alpha value is -1.67. The van der Waals surface area contributed by atoms with Gasteiger partial charge >= 0.3 is 0 Å². The minimum Gasteiger partial charge on any atom is -0.458 e. The van der Waals surface area contributed by atoms with Crippen molar-refractivity contribution in [3.05, 3.63) is 23.7 Å². The van der Waals surface area contributed by atoms with E-state index in [9.17, 15) is 8.42 Å². The molecule has 1 aliphatic heterocycles. The molecule has 1 aliphatic rings. The molecule has 0 unspecified atom stereocenters. The Kier molecular flexibility index (Phi) is 5.29. The van der Waals surface area contributed by atoms with Crippen molar-refractivity contribution in [1.82, 2.24) is 19.7 Å². The molecule has 0 radical (unpaired) electrons. The molecule has 1 saturated heterocycles. The number of furan rings is 1. The van der Waals surface area contributed by atoms with Crippen molar-refractivity contribution in [2.45, 2.75) is 52.2 Å². The van der Waals surface area contributed by atoms with Gasteiger partial charge in [0.2, 0.25) is 5.82 Å². The van der Waals surface area contributed by atoms with Crippen LogP contribution in [0.1, 0.15) is 37.8 Å². The summed E-state index contributed by atoms with van der Waals surface area (Å²) in [4.78, 5) is 6.74. The normalized spacial score (nSPS) is 19.8. The van der Waals surface area contributed by atoms with Gasteiger partial charge in [0.1, 0.15) is 11.6 Å². The summed E-state index contributed by atoms with van der Waals surface area (Å²) < 4.78 is 31.0. The Labute approximate surface area is 149 Å². The van der Waals surface area contributed by atoms with Gasteiger partial charge < -0.3 is 4.42 Å². The third kappa shape index (κ3) is 4.30. The van der Waals surface area contributed by atoms with Crippen LogP contribution < -0.4 is 0 Å². The number of aromatic nitrogens is 3. The van der Waals surface area contributed by atoms with Crippen LogP contribution in [0.25, 0.3) is 11.6 Å². The van der Waals surface area contributed by atoms with Gasteiger partial charge in [-0.2, -0.15) is 0 Å². The van der Waals surface area contributed by atoms with E-state index < -0.39 is 9.84 Å². The van der Waals surface area contributed by atoms with Crippen LogP contribution in [-0.4, -0.2) is 52.7 Å². The van der Waals surface area contributed by atoms with Gasteiger partial charge in [-0.3, -0.25) is 4.90 Å². The first-order valence-corrected chi connectivity index (χ1v) is 10.6. The molecule has 0 aromatic carbocycles.